The van der Waals surface area contributed by atoms with Crippen molar-refractivity contribution >= 4 is 0 Å². The lowest BCUT2D eigenvalue weighted by Gasteiger charge is -2.28. The minimum Gasteiger partial charge on any atom is -0.217 e. The molecule has 1 aromatic heterocycles. The Morgan fingerprint density at radius 2 is 2.10 bits per heavy atom. The lowest BCUT2D eigenvalue weighted by atomic mass is 9.78. The molecule has 2 aromatic rings. The summed E-state index contributed by atoms with van der Waals surface area (Å²) in [7, 11) is 0. The van der Waals surface area contributed by atoms with E-state index in [-0.39, 0.29) is 0 Å². The molecule has 0 saturated heterocycles. The summed E-state index contributed by atoms with van der Waals surface area (Å²) in [5.41, 5.74) is 13.0. The molecule has 0 aliphatic heterocycles. The number of hydrogen-bond donors (Lipinski definition) is 0. The molecule has 1 aliphatic rings. The molecule has 0 atom stereocenters. The second kappa shape index (κ2) is 5.22. The predicted octanol–water partition coefficient (Wildman–Crippen LogP) is 3.59. The van der Waals surface area contributed by atoms with Gasteiger partial charge in [-0.25, -0.2) is 4.68 Å². The third kappa shape index (κ3) is 2.76. The molecule has 1 aromatic carbocycles. The first kappa shape index (κ1) is 13.6. The van der Waals surface area contributed by atoms with Crippen molar-refractivity contribution in [1.29, 1.82) is 0 Å². The highest BCUT2D eigenvalue weighted by molar-refractivity contribution is 5.37. The van der Waals surface area contributed by atoms with Gasteiger partial charge in [-0.3, -0.25) is 0 Å². The van der Waals surface area contributed by atoms with E-state index >= 15 is 0 Å². The lowest BCUT2D eigenvalue weighted by molar-refractivity contribution is 0.308. The molecule has 0 radical (unpaired) electrons. The van der Waals surface area contributed by atoms with Gasteiger partial charge in [0.15, 0.2) is 0 Å². The highest BCUT2D eigenvalue weighted by atomic mass is 15.4. The summed E-state index contributed by atoms with van der Waals surface area (Å²) >= 11 is 0. The number of aromatic nitrogens is 3. The van der Waals surface area contributed by atoms with Gasteiger partial charge in [0, 0.05) is 4.91 Å². The van der Waals surface area contributed by atoms with Crippen molar-refractivity contribution in [3.8, 4) is 5.69 Å². The van der Waals surface area contributed by atoms with Crippen LogP contribution in [0.25, 0.3) is 16.1 Å². The standard InChI is InChI=1S/C15H18N6/c1-15(2)8-7-13-14(9-15)21(20-18-13)12-5-3-11(4-6-12)10-17-19-16/h3-6H,7-10H2,1-2H3. The molecule has 0 spiro atoms. The first-order valence-electron chi connectivity index (χ1n) is 7.13. The molecule has 6 heteroatoms. The van der Waals surface area contributed by atoms with Gasteiger partial charge < -0.3 is 0 Å². The zero-order valence-corrected chi connectivity index (χ0v) is 12.3. The molecular weight excluding hydrogens is 264 g/mol. The van der Waals surface area contributed by atoms with E-state index in [1.807, 2.05) is 28.9 Å². The highest BCUT2D eigenvalue weighted by Crippen LogP contribution is 2.34. The molecule has 1 heterocycles. The summed E-state index contributed by atoms with van der Waals surface area (Å²) in [6.45, 7) is 4.95. The third-order valence-electron chi connectivity index (χ3n) is 4.03. The number of nitrogens with zero attached hydrogens (tertiary/aromatic N) is 6. The largest absolute Gasteiger partial charge is 0.217 e. The maximum atomic E-state index is 8.35. The fraction of sp³-hybridized carbons (Fsp3) is 0.467. The van der Waals surface area contributed by atoms with Crippen LogP contribution in [0.4, 0.5) is 0 Å². The molecule has 21 heavy (non-hydrogen) atoms. The topological polar surface area (TPSA) is 79.5 Å². The Morgan fingerprint density at radius 1 is 1.33 bits per heavy atom. The molecule has 0 N–H and O–H groups in total. The average Bonchev–Trinajstić information content (AvgIpc) is 2.87. The third-order valence-corrected chi connectivity index (χ3v) is 4.03. The van der Waals surface area contributed by atoms with Crippen molar-refractivity contribution in [2.24, 2.45) is 10.5 Å². The summed E-state index contributed by atoms with van der Waals surface area (Å²) in [4.78, 5) is 2.77. The smallest absolute Gasteiger partial charge is 0.0864 e. The summed E-state index contributed by atoms with van der Waals surface area (Å²) in [5.74, 6) is 0. The van der Waals surface area contributed by atoms with Crippen LogP contribution in [-0.4, -0.2) is 15.0 Å². The fourth-order valence-corrected chi connectivity index (χ4v) is 2.77. The number of azide groups is 1. The molecular formula is C15H18N6. The molecule has 108 valence electrons. The Labute approximate surface area is 123 Å². The highest BCUT2D eigenvalue weighted by Gasteiger charge is 2.29. The van der Waals surface area contributed by atoms with Crippen molar-refractivity contribution in [2.45, 2.75) is 39.7 Å². The van der Waals surface area contributed by atoms with Crippen LogP contribution in [0.2, 0.25) is 0 Å². The predicted molar refractivity (Wildman–Crippen MR) is 80.0 cm³/mol. The van der Waals surface area contributed by atoms with E-state index in [1.54, 1.807) is 0 Å². The van der Waals surface area contributed by atoms with Crippen LogP contribution in [0.15, 0.2) is 29.4 Å². The van der Waals surface area contributed by atoms with Gasteiger partial charge in [-0.15, -0.1) is 5.10 Å². The fourth-order valence-electron chi connectivity index (χ4n) is 2.77. The molecule has 0 bridgehead atoms. The average molecular weight is 282 g/mol. The molecule has 1 aliphatic carbocycles. The maximum Gasteiger partial charge on any atom is 0.0864 e. The number of aryl methyl sites for hydroxylation is 1. The maximum absolute atomic E-state index is 8.35. The van der Waals surface area contributed by atoms with E-state index in [0.29, 0.717) is 12.0 Å². The summed E-state index contributed by atoms with van der Waals surface area (Å²) in [6, 6.07) is 7.93. The lowest BCUT2D eigenvalue weighted by Crippen LogP contribution is -2.23. The Morgan fingerprint density at radius 3 is 2.81 bits per heavy atom. The van der Waals surface area contributed by atoms with Crippen LogP contribution in [0.1, 0.15) is 37.2 Å². The quantitative estimate of drug-likeness (QED) is 0.490. The first-order valence-corrected chi connectivity index (χ1v) is 7.13. The molecule has 0 unspecified atom stereocenters. The Hall–Kier alpha value is -2.33. The second-order valence-electron chi connectivity index (χ2n) is 6.29. The molecule has 0 amide bonds. The van der Waals surface area contributed by atoms with Crippen LogP contribution in [0.5, 0.6) is 0 Å². The van der Waals surface area contributed by atoms with E-state index in [9.17, 15) is 0 Å². The first-order chi connectivity index (χ1) is 10.1. The van der Waals surface area contributed by atoms with Gasteiger partial charge in [-0.1, -0.05) is 36.3 Å². The second-order valence-corrected chi connectivity index (χ2v) is 6.29. The summed E-state index contributed by atoms with van der Waals surface area (Å²) in [5, 5.41) is 12.2. The van der Waals surface area contributed by atoms with Crippen LogP contribution >= 0.6 is 0 Å². The van der Waals surface area contributed by atoms with Gasteiger partial charge in [-0.05, 0) is 47.9 Å². The van der Waals surface area contributed by atoms with Crippen LogP contribution in [0.3, 0.4) is 0 Å². The Balaban J connectivity index is 1.91. The normalized spacial score (nSPS) is 16.1. The monoisotopic (exact) mass is 282 g/mol. The van der Waals surface area contributed by atoms with Gasteiger partial charge in [0.25, 0.3) is 0 Å². The molecule has 3 rings (SSSR count). The summed E-state index contributed by atoms with van der Waals surface area (Å²) < 4.78 is 1.94. The van der Waals surface area contributed by atoms with E-state index in [2.05, 4.69) is 34.2 Å². The number of hydrogen-bond acceptors (Lipinski definition) is 3. The molecule has 6 nitrogen and oxygen atoms in total. The van der Waals surface area contributed by atoms with E-state index in [0.717, 1.165) is 36.2 Å². The zero-order valence-electron chi connectivity index (χ0n) is 12.3. The van der Waals surface area contributed by atoms with Gasteiger partial charge >= 0.3 is 0 Å². The number of rotatable bonds is 3. The van der Waals surface area contributed by atoms with Gasteiger partial charge in [-0.2, -0.15) is 0 Å². The van der Waals surface area contributed by atoms with Gasteiger partial charge in [0.1, 0.15) is 0 Å². The Kier molecular flexibility index (Phi) is 3.39. The van der Waals surface area contributed by atoms with E-state index < -0.39 is 0 Å². The van der Waals surface area contributed by atoms with Crippen molar-refractivity contribution in [2.75, 3.05) is 0 Å². The number of benzene rings is 1. The van der Waals surface area contributed by atoms with Gasteiger partial charge in [0.05, 0.1) is 23.6 Å². The summed E-state index contributed by atoms with van der Waals surface area (Å²) in [6.07, 6.45) is 3.15. The SMILES string of the molecule is CC1(C)CCc2nnn(-c3ccc(CN=[N+]=[N-])cc3)c2C1. The van der Waals surface area contributed by atoms with Crippen molar-refractivity contribution in [1.82, 2.24) is 15.0 Å². The zero-order chi connectivity index (χ0) is 14.9. The van der Waals surface area contributed by atoms with Gasteiger partial charge in [0.2, 0.25) is 0 Å². The minimum absolute atomic E-state index is 0.300. The van der Waals surface area contributed by atoms with Crippen LogP contribution in [-0.2, 0) is 19.4 Å². The van der Waals surface area contributed by atoms with E-state index in [1.165, 1.54) is 5.69 Å². The van der Waals surface area contributed by atoms with Crippen molar-refractivity contribution in [3.63, 3.8) is 0 Å². The Bertz CT molecular complexity index is 691. The molecule has 0 fully saturated rings. The van der Waals surface area contributed by atoms with E-state index in [4.69, 9.17) is 5.53 Å². The van der Waals surface area contributed by atoms with Crippen LogP contribution in [0, 0.1) is 5.41 Å². The molecule has 0 saturated carbocycles. The van der Waals surface area contributed by atoms with Crippen LogP contribution < -0.4 is 0 Å². The number of fused-ring (bicyclic) bond motifs is 1. The van der Waals surface area contributed by atoms with Crippen molar-refractivity contribution < 1.29 is 0 Å². The van der Waals surface area contributed by atoms with Crippen molar-refractivity contribution in [3.05, 3.63) is 51.7 Å². The minimum atomic E-state index is 0.300.